The van der Waals surface area contributed by atoms with Crippen LogP contribution in [0.1, 0.15) is 40.6 Å². The van der Waals surface area contributed by atoms with Crippen LogP contribution in [0.25, 0.3) is 0 Å². The predicted octanol–water partition coefficient (Wildman–Crippen LogP) is 3.38. The molecule has 2 aromatic rings. The third kappa shape index (κ3) is 2.58. The average Bonchev–Trinajstić information content (AvgIpc) is 2.71. The summed E-state index contributed by atoms with van der Waals surface area (Å²) >= 11 is 0. The van der Waals surface area contributed by atoms with Crippen molar-refractivity contribution in [1.82, 2.24) is 4.90 Å². The van der Waals surface area contributed by atoms with Gasteiger partial charge in [0.1, 0.15) is 0 Å². The summed E-state index contributed by atoms with van der Waals surface area (Å²) in [5, 5.41) is 0. The Balaban J connectivity index is 1.75. The van der Waals surface area contributed by atoms with Gasteiger partial charge in [0, 0.05) is 24.7 Å². The van der Waals surface area contributed by atoms with Crippen LogP contribution in [0, 0.1) is 0 Å². The van der Waals surface area contributed by atoms with Gasteiger partial charge in [-0.3, -0.25) is 4.90 Å². The van der Waals surface area contributed by atoms with Gasteiger partial charge in [-0.2, -0.15) is 0 Å². The molecular weight excluding hydrogens is 330 g/mol. The van der Waals surface area contributed by atoms with Gasteiger partial charge in [-0.25, -0.2) is 0 Å². The minimum Gasteiger partial charge on any atom is -0.493 e. The van der Waals surface area contributed by atoms with Gasteiger partial charge in [0.15, 0.2) is 23.0 Å². The molecule has 0 amide bonds. The number of ether oxygens (including phenoxy) is 4. The number of fused-ring (bicyclic) bond motifs is 4. The Kier molecular flexibility index (Phi) is 2.46. The molecule has 0 radical (unpaired) electrons. The lowest BCUT2D eigenvalue weighted by Crippen LogP contribution is -2.39. The summed E-state index contributed by atoms with van der Waals surface area (Å²) in [5.41, 5.74) is 3.23. The van der Waals surface area contributed by atoms with Crippen LogP contribution >= 0.6 is 0 Å². The number of rotatable bonds is 4. The monoisotopic (exact) mass is 364 g/mol. The van der Waals surface area contributed by atoms with Crippen LogP contribution in [0.4, 0.5) is 0 Å². The number of benzene rings is 2. The quantitative estimate of drug-likeness (QED) is 0.832. The maximum atomic E-state index is 7.56. The van der Waals surface area contributed by atoms with Crippen molar-refractivity contribution in [2.75, 3.05) is 34.8 Å². The Morgan fingerprint density at radius 1 is 0.962 bits per heavy atom. The van der Waals surface area contributed by atoms with Crippen LogP contribution in [0.2, 0.25) is 0 Å². The van der Waals surface area contributed by atoms with E-state index in [4.69, 9.17) is 31.3 Å². The molecule has 1 atom stereocenters. The maximum Gasteiger partial charge on any atom is 0.165 e. The largest absolute Gasteiger partial charge is 0.493 e. The third-order valence-corrected chi connectivity index (χ3v) is 5.31. The van der Waals surface area contributed by atoms with Crippen LogP contribution < -0.4 is 18.9 Å². The van der Waals surface area contributed by atoms with E-state index in [9.17, 15) is 0 Å². The highest BCUT2D eigenvalue weighted by Crippen LogP contribution is 2.45. The number of nitrogens with zero attached hydrogens (tertiary/aromatic N) is 1. The summed E-state index contributed by atoms with van der Waals surface area (Å²) in [6.07, 6.45) is 1.11. The van der Waals surface area contributed by atoms with E-state index in [0.717, 1.165) is 16.7 Å². The van der Waals surface area contributed by atoms with Crippen LogP contribution in [0.5, 0.6) is 23.0 Å². The molecule has 0 unspecified atom stereocenters. The molecule has 2 aliphatic heterocycles. The van der Waals surface area contributed by atoms with Crippen molar-refractivity contribution in [2.45, 2.75) is 25.4 Å². The number of hydrogen-bond donors (Lipinski definition) is 0. The van der Waals surface area contributed by atoms with Crippen molar-refractivity contribution in [3.8, 4) is 23.0 Å². The Morgan fingerprint density at radius 3 is 2.58 bits per heavy atom. The van der Waals surface area contributed by atoms with Gasteiger partial charge in [0.05, 0.1) is 40.6 Å². The van der Waals surface area contributed by atoms with E-state index in [1.165, 1.54) is 13.2 Å². The van der Waals surface area contributed by atoms with E-state index in [1.54, 1.807) is 18.2 Å². The second-order valence-corrected chi connectivity index (χ2v) is 6.48. The second kappa shape index (κ2) is 6.72. The van der Waals surface area contributed by atoms with Crippen molar-refractivity contribution in [2.24, 2.45) is 0 Å². The zero-order valence-electron chi connectivity index (χ0n) is 23.3. The minimum atomic E-state index is -2.80. The lowest BCUT2D eigenvalue weighted by atomic mass is 9.83. The Hall–Kier alpha value is -2.40. The SMILES string of the molecule is [2H]C([2H])([2H])Oc1cc2c(cc1OC)CCN1Cc3c(ccc(OC([2H])([2H])[2H])c3OC([2H])([2H])[2H])C[C@@H]21. The molecule has 5 nitrogen and oxygen atoms in total. The van der Waals surface area contributed by atoms with Crippen molar-refractivity contribution < 1.29 is 31.3 Å². The summed E-state index contributed by atoms with van der Waals surface area (Å²) in [6.45, 7) is 0.932. The first-order valence-corrected chi connectivity index (χ1v) is 8.30. The van der Waals surface area contributed by atoms with Crippen LogP contribution in [0.15, 0.2) is 24.3 Å². The zero-order valence-corrected chi connectivity index (χ0v) is 14.3. The smallest absolute Gasteiger partial charge is 0.165 e. The van der Waals surface area contributed by atoms with Crippen LogP contribution in [-0.4, -0.2) is 39.7 Å². The summed E-state index contributed by atoms with van der Waals surface area (Å²) in [6, 6.07) is 6.46. The van der Waals surface area contributed by atoms with Crippen molar-refractivity contribution in [3.63, 3.8) is 0 Å². The molecule has 2 heterocycles. The van der Waals surface area contributed by atoms with Gasteiger partial charge in [0.25, 0.3) is 0 Å². The first kappa shape index (κ1) is 9.51. The molecule has 138 valence electrons. The summed E-state index contributed by atoms with van der Waals surface area (Å²) < 4.78 is 88.2. The van der Waals surface area contributed by atoms with E-state index in [1.807, 2.05) is 0 Å². The maximum absolute atomic E-state index is 7.56. The van der Waals surface area contributed by atoms with E-state index in [-0.39, 0.29) is 23.3 Å². The van der Waals surface area contributed by atoms with Crippen molar-refractivity contribution >= 4 is 0 Å². The highest BCUT2D eigenvalue weighted by Gasteiger charge is 2.34. The molecule has 4 rings (SSSR count). The third-order valence-electron chi connectivity index (χ3n) is 5.31. The molecule has 0 saturated carbocycles. The molecule has 0 N–H and O–H groups in total. The average molecular weight is 364 g/mol. The Bertz CT molecular complexity index is 1110. The first-order valence-electron chi connectivity index (χ1n) is 12.8. The molecule has 0 aliphatic carbocycles. The summed E-state index contributed by atoms with van der Waals surface area (Å²) in [5.74, 6) is 0.189. The molecule has 0 fully saturated rings. The fourth-order valence-electron chi connectivity index (χ4n) is 4.04. The first-order chi connectivity index (χ1) is 16.1. The molecule has 2 aliphatic rings. The highest BCUT2D eigenvalue weighted by atomic mass is 16.5. The number of hydrogen-bond acceptors (Lipinski definition) is 5. The molecule has 5 heteroatoms. The van der Waals surface area contributed by atoms with Crippen molar-refractivity contribution in [3.05, 3.63) is 46.5 Å². The van der Waals surface area contributed by atoms with Crippen LogP contribution in [-0.2, 0) is 19.4 Å². The van der Waals surface area contributed by atoms with Gasteiger partial charge < -0.3 is 18.9 Å². The Morgan fingerprint density at radius 2 is 1.77 bits per heavy atom. The van der Waals surface area contributed by atoms with Gasteiger partial charge in [0.2, 0.25) is 0 Å². The topological polar surface area (TPSA) is 40.2 Å². The van der Waals surface area contributed by atoms with Gasteiger partial charge >= 0.3 is 0 Å². The molecule has 26 heavy (non-hydrogen) atoms. The Labute approximate surface area is 167 Å². The fraction of sp³-hybridized carbons (Fsp3) is 0.429. The van der Waals surface area contributed by atoms with E-state index in [2.05, 4.69) is 4.90 Å². The van der Waals surface area contributed by atoms with E-state index in [0.29, 0.717) is 37.2 Å². The van der Waals surface area contributed by atoms with E-state index < -0.39 is 21.1 Å². The fourth-order valence-corrected chi connectivity index (χ4v) is 4.04. The summed E-state index contributed by atoms with van der Waals surface area (Å²) in [4.78, 5) is 2.11. The summed E-state index contributed by atoms with van der Waals surface area (Å²) in [7, 11) is -6.77. The molecule has 0 spiro atoms. The predicted molar refractivity (Wildman–Crippen MR) is 99.7 cm³/mol. The standard InChI is InChI=1S/C21H25NO4/c1-23-18-6-5-13-9-17-15-11-20(25-3)19(24-2)10-14(15)7-8-22(17)12-16(13)21(18)26-4/h5-6,10-11,17H,7-9,12H2,1-4H3/t17-/m0/s1/i1D3,3D3,4D3. The lowest BCUT2D eigenvalue weighted by molar-refractivity contribution is 0.157. The molecule has 0 aromatic heterocycles. The molecule has 2 aromatic carbocycles. The molecule has 0 saturated heterocycles. The van der Waals surface area contributed by atoms with Gasteiger partial charge in [-0.1, -0.05) is 6.07 Å². The van der Waals surface area contributed by atoms with Gasteiger partial charge in [-0.15, -0.1) is 0 Å². The second-order valence-electron chi connectivity index (χ2n) is 6.48. The van der Waals surface area contributed by atoms with E-state index >= 15 is 0 Å². The lowest BCUT2D eigenvalue weighted by Gasteiger charge is -2.42. The number of methoxy groups -OCH3 is 4. The highest BCUT2D eigenvalue weighted by molar-refractivity contribution is 5.54. The van der Waals surface area contributed by atoms with Gasteiger partial charge in [-0.05, 0) is 47.7 Å². The molecule has 0 bridgehead atoms. The zero-order chi connectivity index (χ0) is 25.8. The molecular formula is C21H25NO4. The van der Waals surface area contributed by atoms with Crippen LogP contribution in [0.3, 0.4) is 0 Å². The van der Waals surface area contributed by atoms with Crippen molar-refractivity contribution in [1.29, 1.82) is 0 Å². The minimum absolute atomic E-state index is 0.107. The normalized spacial score (nSPS) is 25.0.